The fraction of sp³-hybridized carbons (Fsp3) is 0.474. The van der Waals surface area contributed by atoms with Gasteiger partial charge in [0.25, 0.3) is 20.3 Å². The molecule has 0 radical (unpaired) electrons. The molecule has 2 heterocycles. The van der Waals surface area contributed by atoms with Crippen molar-refractivity contribution in [3.63, 3.8) is 0 Å². The molecule has 0 atom stereocenters. The lowest BCUT2D eigenvalue weighted by molar-refractivity contribution is -0.123. The van der Waals surface area contributed by atoms with Gasteiger partial charge in [-0.3, -0.25) is 14.3 Å². The van der Waals surface area contributed by atoms with Gasteiger partial charge in [-0.2, -0.15) is 8.42 Å². The summed E-state index contributed by atoms with van der Waals surface area (Å²) in [4.78, 5) is 26.7. The van der Waals surface area contributed by atoms with Crippen LogP contribution >= 0.6 is 11.3 Å². The van der Waals surface area contributed by atoms with Gasteiger partial charge in [0, 0.05) is 18.5 Å². The van der Waals surface area contributed by atoms with Gasteiger partial charge in [-0.05, 0) is 31.4 Å². The number of carbonyl (C=O) groups excluding carboxylic acids is 2. The largest absolute Gasteiger partial charge is 0.339 e. The Balaban J connectivity index is 1.79. The highest BCUT2D eigenvalue weighted by molar-refractivity contribution is 7.94. The van der Waals surface area contributed by atoms with Gasteiger partial charge >= 0.3 is 0 Å². The molecule has 0 spiro atoms. The molecule has 2 amide bonds. The molecule has 1 aromatic heterocycles. The number of nitrogens with one attached hydrogen (secondary N) is 2. The quantitative estimate of drug-likeness (QED) is 0.674. The topological polar surface area (TPSA) is 121 Å². The number of likely N-dealkylation sites (tertiary alicyclic amines) is 1. The number of aromatic nitrogens is 2. The third-order valence-corrected chi connectivity index (χ3v) is 7.15. The number of rotatable bonds is 5. The Morgan fingerprint density at radius 3 is 2.40 bits per heavy atom. The van der Waals surface area contributed by atoms with E-state index in [2.05, 4.69) is 20.2 Å². The molecule has 1 aliphatic heterocycles. The van der Waals surface area contributed by atoms with Crippen LogP contribution in [0.5, 0.6) is 0 Å². The van der Waals surface area contributed by atoms with Crippen molar-refractivity contribution in [1.82, 2.24) is 15.1 Å². The molecule has 0 bridgehead atoms. The molecule has 162 valence electrons. The summed E-state index contributed by atoms with van der Waals surface area (Å²) in [6.07, 6.45) is 2.96. The molecule has 3 rings (SSSR count). The van der Waals surface area contributed by atoms with E-state index in [9.17, 15) is 18.0 Å². The van der Waals surface area contributed by atoms with Crippen LogP contribution in [0.25, 0.3) is 0 Å². The van der Waals surface area contributed by atoms with E-state index in [0.29, 0.717) is 13.1 Å². The van der Waals surface area contributed by atoms with Crippen LogP contribution < -0.4 is 10.0 Å². The predicted octanol–water partition coefficient (Wildman–Crippen LogP) is 2.95. The SMILES string of the molecule is CC(C)(C)C(=O)Nc1nnc(S(=O)(=O)Nc2ccccc2C(=O)N2CCCCC2)s1. The predicted molar refractivity (Wildman–Crippen MR) is 115 cm³/mol. The molecule has 30 heavy (non-hydrogen) atoms. The van der Waals surface area contributed by atoms with E-state index in [1.807, 2.05) is 0 Å². The fourth-order valence-corrected chi connectivity index (χ4v) is 4.84. The van der Waals surface area contributed by atoms with Crippen LogP contribution in [0, 0.1) is 5.41 Å². The van der Waals surface area contributed by atoms with E-state index in [1.165, 1.54) is 6.07 Å². The highest BCUT2D eigenvalue weighted by Crippen LogP contribution is 2.27. The van der Waals surface area contributed by atoms with Crippen molar-refractivity contribution in [2.45, 2.75) is 44.4 Å². The Morgan fingerprint density at radius 2 is 1.73 bits per heavy atom. The van der Waals surface area contributed by atoms with Gasteiger partial charge in [-0.15, -0.1) is 10.2 Å². The smallest absolute Gasteiger partial charge is 0.291 e. The van der Waals surface area contributed by atoms with Crippen LogP contribution in [0.15, 0.2) is 28.6 Å². The second-order valence-electron chi connectivity index (χ2n) is 8.08. The number of sulfonamides is 1. The second-order valence-corrected chi connectivity index (χ2v) is 10.9. The van der Waals surface area contributed by atoms with Gasteiger partial charge in [0.2, 0.25) is 11.0 Å². The average molecular weight is 452 g/mol. The van der Waals surface area contributed by atoms with Crippen molar-refractivity contribution < 1.29 is 18.0 Å². The maximum Gasteiger partial charge on any atom is 0.291 e. The Kier molecular flexibility index (Phi) is 6.41. The lowest BCUT2D eigenvalue weighted by Crippen LogP contribution is -2.36. The second kappa shape index (κ2) is 8.68. The summed E-state index contributed by atoms with van der Waals surface area (Å²) in [6.45, 7) is 6.52. The van der Waals surface area contributed by atoms with Crippen molar-refractivity contribution in [3.8, 4) is 0 Å². The summed E-state index contributed by atoms with van der Waals surface area (Å²) in [6, 6.07) is 6.49. The maximum absolute atomic E-state index is 12.9. The third kappa shape index (κ3) is 5.14. The molecular formula is C19H25N5O4S2. The van der Waals surface area contributed by atoms with Crippen molar-refractivity contribution >= 4 is 44.0 Å². The van der Waals surface area contributed by atoms with Gasteiger partial charge in [-0.1, -0.05) is 44.2 Å². The number of piperidine rings is 1. The van der Waals surface area contributed by atoms with Gasteiger partial charge in [0.15, 0.2) is 0 Å². The van der Waals surface area contributed by atoms with Crippen molar-refractivity contribution in [3.05, 3.63) is 29.8 Å². The van der Waals surface area contributed by atoms with Gasteiger partial charge < -0.3 is 10.2 Å². The summed E-state index contributed by atoms with van der Waals surface area (Å²) in [5.41, 5.74) is -0.186. The normalized spacial score (nSPS) is 15.0. The Labute approximate surface area is 179 Å². The van der Waals surface area contributed by atoms with Crippen LogP contribution in [0.4, 0.5) is 10.8 Å². The number of anilines is 2. The molecule has 0 unspecified atom stereocenters. The van der Waals surface area contributed by atoms with Crippen molar-refractivity contribution in [1.29, 1.82) is 0 Å². The Bertz CT molecular complexity index is 1040. The maximum atomic E-state index is 12.9. The van der Waals surface area contributed by atoms with E-state index < -0.39 is 15.4 Å². The molecule has 2 N–H and O–H groups in total. The number of carbonyl (C=O) groups is 2. The molecule has 11 heteroatoms. The number of benzene rings is 1. The van der Waals surface area contributed by atoms with Crippen LogP contribution in [0.3, 0.4) is 0 Å². The fourth-order valence-electron chi connectivity index (χ4n) is 2.87. The molecule has 9 nitrogen and oxygen atoms in total. The lowest BCUT2D eigenvalue weighted by Gasteiger charge is -2.27. The molecule has 0 saturated carbocycles. The zero-order valence-corrected chi connectivity index (χ0v) is 18.8. The van der Waals surface area contributed by atoms with E-state index >= 15 is 0 Å². The minimum absolute atomic E-state index is 0.0907. The molecule has 1 aromatic carbocycles. The summed E-state index contributed by atoms with van der Waals surface area (Å²) < 4.78 is 27.8. The molecule has 2 aromatic rings. The zero-order chi connectivity index (χ0) is 21.9. The Hall–Kier alpha value is -2.53. The van der Waals surface area contributed by atoms with Crippen LogP contribution in [0.2, 0.25) is 0 Å². The van der Waals surface area contributed by atoms with E-state index in [0.717, 1.165) is 30.6 Å². The monoisotopic (exact) mass is 451 g/mol. The minimum atomic E-state index is -4.08. The number of hydrogen-bond donors (Lipinski definition) is 2. The summed E-state index contributed by atoms with van der Waals surface area (Å²) in [7, 11) is -4.08. The summed E-state index contributed by atoms with van der Waals surface area (Å²) >= 11 is 0.746. The first-order valence-electron chi connectivity index (χ1n) is 9.64. The zero-order valence-electron chi connectivity index (χ0n) is 17.1. The molecule has 1 aliphatic rings. The van der Waals surface area contributed by atoms with Gasteiger partial charge in [-0.25, -0.2) is 0 Å². The highest BCUT2D eigenvalue weighted by atomic mass is 32.2. The van der Waals surface area contributed by atoms with E-state index in [1.54, 1.807) is 43.9 Å². The van der Waals surface area contributed by atoms with Crippen LogP contribution in [0.1, 0.15) is 50.4 Å². The van der Waals surface area contributed by atoms with E-state index in [4.69, 9.17) is 0 Å². The number of hydrogen-bond acceptors (Lipinski definition) is 7. The first-order chi connectivity index (χ1) is 14.1. The van der Waals surface area contributed by atoms with Crippen molar-refractivity contribution in [2.24, 2.45) is 5.41 Å². The first-order valence-corrected chi connectivity index (χ1v) is 11.9. The summed E-state index contributed by atoms with van der Waals surface area (Å²) in [5.74, 6) is -0.503. The Morgan fingerprint density at radius 1 is 1.07 bits per heavy atom. The average Bonchev–Trinajstić information content (AvgIpc) is 3.17. The highest BCUT2D eigenvalue weighted by Gasteiger charge is 2.27. The third-order valence-electron chi connectivity index (χ3n) is 4.58. The van der Waals surface area contributed by atoms with Crippen LogP contribution in [-0.4, -0.2) is 48.4 Å². The van der Waals surface area contributed by atoms with Gasteiger partial charge in [0.1, 0.15) is 0 Å². The molecular weight excluding hydrogens is 426 g/mol. The molecule has 1 fully saturated rings. The lowest BCUT2D eigenvalue weighted by atomic mass is 9.96. The number of nitrogens with zero attached hydrogens (tertiary/aromatic N) is 3. The minimum Gasteiger partial charge on any atom is -0.339 e. The number of para-hydroxylation sites is 1. The van der Waals surface area contributed by atoms with Crippen LogP contribution in [-0.2, 0) is 14.8 Å². The molecule has 1 saturated heterocycles. The number of amides is 2. The van der Waals surface area contributed by atoms with Gasteiger partial charge in [0.05, 0.1) is 11.3 Å². The molecule has 0 aliphatic carbocycles. The van der Waals surface area contributed by atoms with E-state index in [-0.39, 0.29) is 32.5 Å². The standard InChI is InChI=1S/C19H25N5O4S2/c1-19(2,3)16(26)20-17-21-22-18(29-17)30(27,28)23-14-10-6-5-9-13(14)15(25)24-11-7-4-8-12-24/h5-6,9-10,23H,4,7-8,11-12H2,1-3H3,(H,20,21,26). The van der Waals surface area contributed by atoms with Crippen molar-refractivity contribution in [2.75, 3.05) is 23.1 Å². The first kappa shape index (κ1) is 22.2. The summed E-state index contributed by atoms with van der Waals surface area (Å²) in [5, 5.41) is 10.1.